The van der Waals surface area contributed by atoms with Crippen molar-refractivity contribution in [2.75, 3.05) is 11.1 Å². The predicted octanol–water partition coefficient (Wildman–Crippen LogP) is 3.10. The van der Waals surface area contributed by atoms with E-state index in [1.54, 1.807) is 25.1 Å². The number of hydrogen-bond donors (Lipinski definition) is 3. The zero-order valence-corrected chi connectivity index (χ0v) is 11.6. The average Bonchev–Trinajstić information content (AvgIpc) is 2.38. The Kier molecular flexibility index (Phi) is 3.94. The van der Waals surface area contributed by atoms with Gasteiger partial charge < -0.3 is 16.2 Å². The molecule has 0 radical (unpaired) electrons. The van der Waals surface area contributed by atoms with E-state index >= 15 is 0 Å². The van der Waals surface area contributed by atoms with Crippen LogP contribution in [0.5, 0.6) is 5.75 Å². The monoisotopic (exact) mass is 270 g/mol. The maximum absolute atomic E-state index is 12.2. The van der Waals surface area contributed by atoms with Crippen LogP contribution in [0, 0.1) is 6.92 Å². The Morgan fingerprint density at radius 1 is 1.25 bits per heavy atom. The van der Waals surface area contributed by atoms with E-state index in [1.807, 2.05) is 19.1 Å². The Balaban J connectivity index is 2.21. The minimum absolute atomic E-state index is 0.149. The van der Waals surface area contributed by atoms with E-state index in [9.17, 15) is 9.90 Å². The molecule has 2 aromatic rings. The molecule has 2 aromatic carbocycles. The first-order valence-electron chi connectivity index (χ1n) is 6.50. The highest BCUT2D eigenvalue weighted by Gasteiger charge is 2.10. The number of benzene rings is 2. The standard InChI is InChI=1S/C16H18N2O2/c1-3-11-4-5-12(9-15(11)17)18-16(20)14-7-6-13(19)8-10(14)2/h4-9,19H,3,17H2,1-2H3,(H,18,20). The van der Waals surface area contributed by atoms with Crippen molar-refractivity contribution in [2.24, 2.45) is 0 Å². The SMILES string of the molecule is CCc1ccc(NC(=O)c2ccc(O)cc2C)cc1N. The number of aryl methyl sites for hydroxylation is 2. The van der Waals surface area contributed by atoms with Crippen LogP contribution in [0.15, 0.2) is 36.4 Å². The fourth-order valence-electron chi connectivity index (χ4n) is 2.10. The molecular formula is C16H18N2O2. The van der Waals surface area contributed by atoms with Crippen LogP contribution < -0.4 is 11.1 Å². The van der Waals surface area contributed by atoms with Crippen LogP contribution in [0.1, 0.15) is 28.4 Å². The van der Waals surface area contributed by atoms with Crippen molar-refractivity contribution < 1.29 is 9.90 Å². The third-order valence-electron chi connectivity index (χ3n) is 3.24. The van der Waals surface area contributed by atoms with E-state index in [1.165, 1.54) is 6.07 Å². The summed E-state index contributed by atoms with van der Waals surface area (Å²) in [6, 6.07) is 10.2. The molecule has 0 unspecified atom stereocenters. The quantitative estimate of drug-likeness (QED) is 0.750. The Bertz CT molecular complexity index is 651. The number of rotatable bonds is 3. The van der Waals surface area contributed by atoms with Crippen LogP contribution >= 0.6 is 0 Å². The summed E-state index contributed by atoms with van der Waals surface area (Å²) in [4.78, 5) is 12.2. The molecule has 0 heterocycles. The molecule has 0 aliphatic carbocycles. The van der Waals surface area contributed by atoms with Gasteiger partial charge in [0.05, 0.1) is 0 Å². The number of carbonyl (C=O) groups is 1. The topological polar surface area (TPSA) is 75.3 Å². The van der Waals surface area contributed by atoms with Gasteiger partial charge in [0.1, 0.15) is 5.75 Å². The Morgan fingerprint density at radius 3 is 2.60 bits per heavy atom. The van der Waals surface area contributed by atoms with E-state index in [2.05, 4.69) is 5.32 Å². The highest BCUT2D eigenvalue weighted by atomic mass is 16.3. The van der Waals surface area contributed by atoms with Crippen LogP contribution in [0.4, 0.5) is 11.4 Å². The minimum Gasteiger partial charge on any atom is -0.508 e. The molecule has 0 aliphatic heterocycles. The Morgan fingerprint density at radius 2 is 2.00 bits per heavy atom. The van der Waals surface area contributed by atoms with Gasteiger partial charge in [-0.2, -0.15) is 0 Å². The van der Waals surface area contributed by atoms with Crippen molar-refractivity contribution in [3.05, 3.63) is 53.1 Å². The molecule has 0 spiro atoms. The lowest BCUT2D eigenvalue weighted by Crippen LogP contribution is -2.13. The normalized spacial score (nSPS) is 10.3. The summed E-state index contributed by atoms with van der Waals surface area (Å²) in [7, 11) is 0. The number of nitrogens with two attached hydrogens (primary N) is 1. The molecular weight excluding hydrogens is 252 g/mol. The number of hydrogen-bond acceptors (Lipinski definition) is 3. The molecule has 0 saturated carbocycles. The highest BCUT2D eigenvalue weighted by Crippen LogP contribution is 2.21. The summed E-state index contributed by atoms with van der Waals surface area (Å²) < 4.78 is 0. The fraction of sp³-hybridized carbons (Fsp3) is 0.188. The van der Waals surface area contributed by atoms with Crippen LogP contribution in [0.2, 0.25) is 0 Å². The van der Waals surface area contributed by atoms with Crippen molar-refractivity contribution >= 4 is 17.3 Å². The van der Waals surface area contributed by atoms with E-state index in [0.717, 1.165) is 17.5 Å². The molecule has 0 fully saturated rings. The molecule has 4 nitrogen and oxygen atoms in total. The summed E-state index contributed by atoms with van der Waals surface area (Å²) >= 11 is 0. The molecule has 0 aromatic heterocycles. The van der Waals surface area contributed by atoms with Gasteiger partial charge in [0.2, 0.25) is 0 Å². The first-order valence-corrected chi connectivity index (χ1v) is 6.50. The number of nitrogen functional groups attached to an aromatic ring is 1. The van der Waals surface area contributed by atoms with Crippen LogP contribution in [-0.2, 0) is 6.42 Å². The molecule has 0 bridgehead atoms. The summed E-state index contributed by atoms with van der Waals surface area (Å²) in [5, 5.41) is 12.2. The van der Waals surface area contributed by atoms with Gasteiger partial charge in [-0.3, -0.25) is 4.79 Å². The average molecular weight is 270 g/mol. The molecule has 4 heteroatoms. The molecule has 104 valence electrons. The maximum Gasteiger partial charge on any atom is 0.255 e. The summed E-state index contributed by atoms with van der Waals surface area (Å²) in [6.07, 6.45) is 0.858. The van der Waals surface area contributed by atoms with Gasteiger partial charge in [0.25, 0.3) is 5.91 Å². The van der Waals surface area contributed by atoms with E-state index in [-0.39, 0.29) is 11.7 Å². The van der Waals surface area contributed by atoms with Gasteiger partial charge in [-0.25, -0.2) is 0 Å². The summed E-state index contributed by atoms with van der Waals surface area (Å²) in [6.45, 7) is 3.81. The largest absolute Gasteiger partial charge is 0.508 e. The highest BCUT2D eigenvalue weighted by molar-refractivity contribution is 6.05. The second-order valence-corrected chi connectivity index (χ2v) is 4.72. The third kappa shape index (κ3) is 2.91. The van der Waals surface area contributed by atoms with Crippen molar-refractivity contribution in [3.63, 3.8) is 0 Å². The van der Waals surface area contributed by atoms with Crippen LogP contribution in [0.3, 0.4) is 0 Å². The number of phenols is 1. The summed E-state index contributed by atoms with van der Waals surface area (Å²) in [5.41, 5.74) is 9.56. The smallest absolute Gasteiger partial charge is 0.255 e. The van der Waals surface area contributed by atoms with Gasteiger partial charge in [0, 0.05) is 16.9 Å². The first-order chi connectivity index (χ1) is 9.51. The van der Waals surface area contributed by atoms with Gasteiger partial charge in [0.15, 0.2) is 0 Å². The fourth-order valence-corrected chi connectivity index (χ4v) is 2.10. The Labute approximate surface area is 118 Å². The third-order valence-corrected chi connectivity index (χ3v) is 3.24. The second-order valence-electron chi connectivity index (χ2n) is 4.72. The minimum atomic E-state index is -0.217. The summed E-state index contributed by atoms with van der Waals surface area (Å²) in [5.74, 6) is -0.0678. The molecule has 1 amide bonds. The van der Waals surface area contributed by atoms with Crippen molar-refractivity contribution in [1.82, 2.24) is 0 Å². The van der Waals surface area contributed by atoms with Crippen molar-refractivity contribution in [3.8, 4) is 5.75 Å². The van der Waals surface area contributed by atoms with Crippen molar-refractivity contribution in [1.29, 1.82) is 0 Å². The van der Waals surface area contributed by atoms with E-state index in [0.29, 0.717) is 16.9 Å². The molecule has 0 saturated heterocycles. The van der Waals surface area contributed by atoms with Gasteiger partial charge in [-0.15, -0.1) is 0 Å². The van der Waals surface area contributed by atoms with Crippen LogP contribution in [-0.4, -0.2) is 11.0 Å². The number of aromatic hydroxyl groups is 1. The lowest BCUT2D eigenvalue weighted by Gasteiger charge is -2.10. The molecule has 4 N–H and O–H groups in total. The lowest BCUT2D eigenvalue weighted by atomic mass is 10.1. The second kappa shape index (κ2) is 5.65. The van der Waals surface area contributed by atoms with E-state index < -0.39 is 0 Å². The van der Waals surface area contributed by atoms with E-state index in [4.69, 9.17) is 5.73 Å². The number of anilines is 2. The maximum atomic E-state index is 12.2. The van der Waals surface area contributed by atoms with Crippen molar-refractivity contribution in [2.45, 2.75) is 20.3 Å². The number of nitrogens with one attached hydrogen (secondary N) is 1. The zero-order valence-electron chi connectivity index (χ0n) is 11.6. The molecule has 20 heavy (non-hydrogen) atoms. The molecule has 0 atom stereocenters. The lowest BCUT2D eigenvalue weighted by molar-refractivity contribution is 0.102. The predicted molar refractivity (Wildman–Crippen MR) is 81.0 cm³/mol. The van der Waals surface area contributed by atoms with Gasteiger partial charge in [-0.1, -0.05) is 13.0 Å². The zero-order chi connectivity index (χ0) is 14.7. The van der Waals surface area contributed by atoms with Gasteiger partial charge >= 0.3 is 0 Å². The first kappa shape index (κ1) is 13.9. The number of carbonyl (C=O) groups excluding carboxylic acids is 1. The number of phenolic OH excluding ortho intramolecular Hbond substituents is 1. The molecule has 2 rings (SSSR count). The van der Waals surface area contributed by atoms with Crippen LogP contribution in [0.25, 0.3) is 0 Å². The molecule has 0 aliphatic rings. The van der Waals surface area contributed by atoms with Gasteiger partial charge in [-0.05, 0) is 54.8 Å². The Hall–Kier alpha value is -2.49. The number of amides is 1.